The largest absolute Gasteiger partial charge is 0.491 e. The van der Waals surface area contributed by atoms with Gasteiger partial charge in [0.25, 0.3) is 5.69 Å². The molecule has 8 nitrogen and oxygen atoms in total. The van der Waals surface area contributed by atoms with Crippen LogP contribution < -0.4 is 10.1 Å². The second-order valence-electron chi connectivity index (χ2n) is 3.96. The molecule has 0 heterocycles. The van der Waals surface area contributed by atoms with Crippen molar-refractivity contribution in [1.82, 2.24) is 0 Å². The van der Waals surface area contributed by atoms with E-state index in [0.29, 0.717) is 0 Å². The van der Waals surface area contributed by atoms with Gasteiger partial charge in [-0.1, -0.05) is 0 Å². The summed E-state index contributed by atoms with van der Waals surface area (Å²) in [7, 11) is 0. The summed E-state index contributed by atoms with van der Waals surface area (Å²) in [6, 6.07) is 2.28. The Bertz CT molecular complexity index is 570. The maximum atomic E-state index is 11.8. The van der Waals surface area contributed by atoms with Crippen LogP contribution in [0.5, 0.6) is 5.75 Å². The van der Waals surface area contributed by atoms with E-state index in [-0.39, 0.29) is 36.1 Å². The van der Waals surface area contributed by atoms with Crippen molar-refractivity contribution in [3.8, 4) is 5.75 Å². The van der Waals surface area contributed by atoms with Gasteiger partial charge in [0.1, 0.15) is 11.3 Å². The Morgan fingerprint density at radius 2 is 1.95 bits per heavy atom. The molecule has 1 aromatic carbocycles. The number of nitro benzene ring substituents is 1. The molecule has 0 atom stereocenters. The van der Waals surface area contributed by atoms with Crippen LogP contribution in [-0.4, -0.2) is 30.0 Å². The lowest BCUT2D eigenvalue weighted by Gasteiger charge is -2.12. The number of nitrogens with zero attached hydrogens (tertiary/aromatic N) is 1. The van der Waals surface area contributed by atoms with Gasteiger partial charge in [-0.05, 0) is 19.9 Å². The van der Waals surface area contributed by atoms with Gasteiger partial charge in [0, 0.05) is 6.92 Å². The summed E-state index contributed by atoms with van der Waals surface area (Å²) < 4.78 is 10.0. The number of carbonyl (C=O) groups is 2. The molecule has 0 aliphatic carbocycles. The van der Waals surface area contributed by atoms with Crippen molar-refractivity contribution in [1.29, 1.82) is 0 Å². The number of benzene rings is 1. The highest BCUT2D eigenvalue weighted by atomic mass is 16.6. The second kappa shape index (κ2) is 7.22. The Labute approximate surface area is 121 Å². The van der Waals surface area contributed by atoms with E-state index in [2.05, 4.69) is 5.32 Å². The summed E-state index contributed by atoms with van der Waals surface area (Å²) in [5, 5.41) is 13.5. The SMILES string of the molecule is CCOC(=O)c1cc(NC(C)=O)c(OCC)cc1[N+](=O)[O-]. The first-order valence-corrected chi connectivity index (χ1v) is 6.30. The minimum atomic E-state index is -0.834. The molecule has 0 saturated carbocycles. The lowest BCUT2D eigenvalue weighted by atomic mass is 10.1. The van der Waals surface area contributed by atoms with Crippen molar-refractivity contribution in [2.75, 3.05) is 18.5 Å². The van der Waals surface area contributed by atoms with Crippen LogP contribution in [0.4, 0.5) is 11.4 Å². The topological polar surface area (TPSA) is 108 Å². The van der Waals surface area contributed by atoms with Crippen LogP contribution in [0, 0.1) is 10.1 Å². The number of rotatable bonds is 6. The van der Waals surface area contributed by atoms with Crippen LogP contribution in [0.2, 0.25) is 0 Å². The highest BCUT2D eigenvalue weighted by molar-refractivity contribution is 5.98. The number of carbonyl (C=O) groups excluding carboxylic acids is 2. The molecule has 1 aromatic rings. The van der Waals surface area contributed by atoms with Gasteiger partial charge < -0.3 is 14.8 Å². The maximum Gasteiger partial charge on any atom is 0.345 e. The molecule has 1 rings (SSSR count). The van der Waals surface area contributed by atoms with Crippen molar-refractivity contribution in [3.05, 3.63) is 27.8 Å². The average Bonchev–Trinajstić information content (AvgIpc) is 2.39. The molecule has 0 radical (unpaired) electrons. The summed E-state index contributed by atoms with van der Waals surface area (Å²) in [6.45, 7) is 4.90. The fourth-order valence-electron chi connectivity index (χ4n) is 1.65. The molecule has 0 bridgehead atoms. The molecule has 114 valence electrons. The molecular weight excluding hydrogens is 280 g/mol. The second-order valence-corrected chi connectivity index (χ2v) is 3.96. The van der Waals surface area contributed by atoms with Crippen molar-refractivity contribution >= 4 is 23.3 Å². The van der Waals surface area contributed by atoms with Gasteiger partial charge in [-0.3, -0.25) is 14.9 Å². The van der Waals surface area contributed by atoms with Crippen LogP contribution in [0.1, 0.15) is 31.1 Å². The van der Waals surface area contributed by atoms with E-state index >= 15 is 0 Å². The van der Waals surface area contributed by atoms with Crippen LogP contribution in [0.25, 0.3) is 0 Å². The van der Waals surface area contributed by atoms with Gasteiger partial charge in [0.15, 0.2) is 0 Å². The highest BCUT2D eigenvalue weighted by Crippen LogP contribution is 2.33. The van der Waals surface area contributed by atoms with Gasteiger partial charge in [0.05, 0.1) is 29.9 Å². The van der Waals surface area contributed by atoms with Crippen LogP contribution in [-0.2, 0) is 9.53 Å². The maximum absolute atomic E-state index is 11.8. The van der Waals surface area contributed by atoms with E-state index < -0.39 is 16.6 Å². The zero-order valence-corrected chi connectivity index (χ0v) is 12.0. The number of amides is 1. The number of ether oxygens (including phenoxy) is 2. The fourth-order valence-corrected chi connectivity index (χ4v) is 1.65. The lowest BCUT2D eigenvalue weighted by molar-refractivity contribution is -0.385. The summed E-state index contributed by atoms with van der Waals surface area (Å²) >= 11 is 0. The number of esters is 1. The van der Waals surface area contributed by atoms with Crippen LogP contribution in [0.3, 0.4) is 0 Å². The first-order valence-electron chi connectivity index (χ1n) is 6.30. The predicted molar refractivity (Wildman–Crippen MR) is 74.5 cm³/mol. The van der Waals surface area contributed by atoms with Crippen molar-refractivity contribution < 1.29 is 24.0 Å². The zero-order valence-electron chi connectivity index (χ0n) is 12.0. The van der Waals surface area contributed by atoms with Gasteiger partial charge in [-0.2, -0.15) is 0 Å². The Morgan fingerprint density at radius 3 is 2.43 bits per heavy atom. The van der Waals surface area contributed by atoms with E-state index in [1.807, 2.05) is 0 Å². The molecule has 8 heteroatoms. The Balaban J connectivity index is 3.42. The first-order chi connectivity index (χ1) is 9.90. The van der Waals surface area contributed by atoms with Crippen molar-refractivity contribution in [3.63, 3.8) is 0 Å². The molecule has 0 aliphatic rings. The van der Waals surface area contributed by atoms with Gasteiger partial charge in [-0.15, -0.1) is 0 Å². The number of anilines is 1. The molecule has 0 aliphatic heterocycles. The molecule has 0 aromatic heterocycles. The molecule has 21 heavy (non-hydrogen) atoms. The molecule has 0 spiro atoms. The minimum absolute atomic E-state index is 0.0820. The number of hydrogen-bond acceptors (Lipinski definition) is 6. The Morgan fingerprint density at radius 1 is 1.29 bits per heavy atom. The summed E-state index contributed by atoms with van der Waals surface area (Å²) in [5.41, 5.74) is -0.502. The average molecular weight is 296 g/mol. The third-order valence-electron chi connectivity index (χ3n) is 2.40. The van der Waals surface area contributed by atoms with E-state index in [9.17, 15) is 19.7 Å². The van der Waals surface area contributed by atoms with Crippen molar-refractivity contribution in [2.24, 2.45) is 0 Å². The predicted octanol–water partition coefficient (Wildman–Crippen LogP) is 2.13. The number of hydrogen-bond donors (Lipinski definition) is 1. The summed E-state index contributed by atoms with van der Waals surface area (Å²) in [6.07, 6.45) is 0. The molecule has 0 unspecified atom stereocenters. The Kier molecular flexibility index (Phi) is 5.65. The van der Waals surface area contributed by atoms with Gasteiger partial charge >= 0.3 is 5.97 Å². The summed E-state index contributed by atoms with van der Waals surface area (Å²) in [5.74, 6) is -1.11. The van der Waals surface area contributed by atoms with Crippen LogP contribution >= 0.6 is 0 Å². The molecule has 0 saturated heterocycles. The smallest absolute Gasteiger partial charge is 0.345 e. The molecule has 0 fully saturated rings. The normalized spacial score (nSPS) is 9.86. The van der Waals surface area contributed by atoms with E-state index in [4.69, 9.17) is 9.47 Å². The fraction of sp³-hybridized carbons (Fsp3) is 0.385. The van der Waals surface area contributed by atoms with Gasteiger partial charge in [0.2, 0.25) is 5.91 Å². The lowest BCUT2D eigenvalue weighted by Crippen LogP contribution is -2.12. The minimum Gasteiger partial charge on any atom is -0.491 e. The Hall–Kier alpha value is -2.64. The molecule has 1 amide bonds. The quantitative estimate of drug-likeness (QED) is 0.489. The van der Waals surface area contributed by atoms with Crippen LogP contribution in [0.15, 0.2) is 12.1 Å². The molecule has 1 N–H and O–H groups in total. The van der Waals surface area contributed by atoms with E-state index in [0.717, 1.165) is 6.07 Å². The highest BCUT2D eigenvalue weighted by Gasteiger charge is 2.25. The summed E-state index contributed by atoms with van der Waals surface area (Å²) in [4.78, 5) is 33.3. The third-order valence-corrected chi connectivity index (χ3v) is 2.40. The standard InChI is InChI=1S/C13H16N2O6/c1-4-20-12-7-11(15(18)19)9(13(17)21-5-2)6-10(12)14-8(3)16/h6-7H,4-5H2,1-3H3,(H,14,16). The van der Waals surface area contributed by atoms with E-state index in [1.54, 1.807) is 13.8 Å². The zero-order chi connectivity index (χ0) is 16.0. The van der Waals surface area contributed by atoms with Crippen molar-refractivity contribution in [2.45, 2.75) is 20.8 Å². The number of nitrogens with one attached hydrogen (secondary N) is 1. The third kappa shape index (κ3) is 4.16. The first kappa shape index (κ1) is 16.4. The number of nitro groups is 1. The van der Waals surface area contributed by atoms with Gasteiger partial charge in [-0.25, -0.2) is 4.79 Å². The molecular formula is C13H16N2O6. The monoisotopic (exact) mass is 296 g/mol. The van der Waals surface area contributed by atoms with E-state index in [1.165, 1.54) is 13.0 Å².